The van der Waals surface area contributed by atoms with Gasteiger partial charge < -0.3 is 27.1 Å². The fourth-order valence-electron chi connectivity index (χ4n) is 3.84. The molecule has 198 valence electrons. The zero-order valence-electron chi connectivity index (χ0n) is 25.6. The van der Waals surface area contributed by atoms with Crippen molar-refractivity contribution in [3.63, 3.8) is 0 Å². The molecule has 0 aromatic heterocycles. The summed E-state index contributed by atoms with van der Waals surface area (Å²) in [5.74, 6) is 0. The third kappa shape index (κ3) is 18.2. The second-order valence-electron chi connectivity index (χ2n) is 14.3. The smallest absolute Gasteiger partial charge is 0.573 e. The van der Waals surface area contributed by atoms with Crippen molar-refractivity contribution in [3.05, 3.63) is 0 Å². The molecule has 0 aliphatic heterocycles. The van der Waals surface area contributed by atoms with Crippen LogP contribution in [0, 0.1) is 35.6 Å². The number of hydrogen-bond acceptors (Lipinski definition) is 3. The molecule has 13 heteroatoms. The van der Waals surface area contributed by atoms with Crippen molar-refractivity contribution in [1.82, 2.24) is 12.7 Å². The van der Waals surface area contributed by atoms with E-state index < -0.39 is 49.4 Å². The molecule has 0 heterocycles. The predicted octanol–water partition coefficient (Wildman–Crippen LogP) is 6.08. The van der Waals surface area contributed by atoms with E-state index in [9.17, 15) is 14.4 Å². The molecule has 0 unspecified atom stereocenters. The SMILES string of the molecule is C[Si](C)(C)N([C-]=O)[Si](C)(C)C.C[Si](C)(C)N([C-]=O)[Si](C)(C)C.C[Si](C)(C)N([C-]=O)[Si](C)(C)C.[La+3]. The zero-order chi connectivity index (χ0) is 27.9. The monoisotopic (exact) mass is 703 g/mol. The van der Waals surface area contributed by atoms with Gasteiger partial charge in [-0.15, -0.1) is 0 Å². The summed E-state index contributed by atoms with van der Waals surface area (Å²) in [6.07, 6.45) is 6.27. The molecule has 0 bridgehead atoms. The fraction of sp³-hybridized carbons (Fsp3) is 0.857. The van der Waals surface area contributed by atoms with Crippen molar-refractivity contribution in [2.24, 2.45) is 0 Å². The van der Waals surface area contributed by atoms with Gasteiger partial charge in [0.15, 0.2) is 0 Å². The number of rotatable bonds is 9. The maximum Gasteiger partial charge on any atom is 3.00 e. The Kier molecular flexibility index (Phi) is 19.0. The Morgan fingerprint density at radius 2 is 0.412 bits per heavy atom. The van der Waals surface area contributed by atoms with Crippen LogP contribution in [0.2, 0.25) is 118 Å². The first-order valence-electron chi connectivity index (χ1n) is 11.6. The maximum absolute atomic E-state index is 10.7. The molecule has 0 saturated carbocycles. The molecule has 0 rings (SSSR count). The van der Waals surface area contributed by atoms with Crippen LogP contribution in [0.4, 0.5) is 0 Å². The average molecular weight is 704 g/mol. The van der Waals surface area contributed by atoms with Crippen molar-refractivity contribution in [3.8, 4) is 0 Å². The number of amides is 3. The van der Waals surface area contributed by atoms with Crippen LogP contribution in [0.25, 0.3) is 0 Å². The molecule has 0 aliphatic rings. The Morgan fingerprint density at radius 3 is 0.412 bits per heavy atom. The fourth-order valence-corrected chi connectivity index (χ4v) is 29.6. The number of hydrogen-bond donors (Lipinski definition) is 0. The quantitative estimate of drug-likeness (QED) is 0.166. The van der Waals surface area contributed by atoms with E-state index in [1.165, 1.54) is 0 Å². The van der Waals surface area contributed by atoms with Gasteiger partial charge in [0, 0.05) is 0 Å². The van der Waals surface area contributed by atoms with Gasteiger partial charge in [0.05, 0.1) is 0 Å². The summed E-state index contributed by atoms with van der Waals surface area (Å²) in [6.45, 7) is 39.2. The van der Waals surface area contributed by atoms with Crippen LogP contribution in [0.1, 0.15) is 0 Å². The Balaban J connectivity index is -0.000000196. The van der Waals surface area contributed by atoms with Crippen LogP contribution in [-0.4, -0.2) is 81.3 Å². The standard InChI is InChI=1S/3C7H18NOSi2.La/c3*1-10(2,3)8(7-9)11(4,5)6;/h3*1-6H3;/q3*-1;+3. The molecule has 0 radical (unpaired) electrons. The van der Waals surface area contributed by atoms with E-state index in [2.05, 4.69) is 137 Å². The summed E-state index contributed by atoms with van der Waals surface area (Å²) >= 11 is 0. The minimum Gasteiger partial charge on any atom is -0.573 e. The molecule has 0 aromatic carbocycles. The van der Waals surface area contributed by atoms with Crippen molar-refractivity contribution >= 4 is 68.6 Å². The van der Waals surface area contributed by atoms with Crippen LogP contribution < -0.4 is 0 Å². The van der Waals surface area contributed by atoms with Gasteiger partial charge in [-0.1, -0.05) is 118 Å². The molecule has 0 atom stereocenters. The first-order valence-corrected chi connectivity index (χ1v) is 32.3. The van der Waals surface area contributed by atoms with Crippen LogP contribution in [-0.2, 0) is 14.4 Å². The van der Waals surface area contributed by atoms with E-state index in [1.54, 1.807) is 0 Å². The summed E-state index contributed by atoms with van der Waals surface area (Å²) in [7, 11) is -8.70. The third-order valence-corrected chi connectivity index (χ3v) is 25.0. The van der Waals surface area contributed by atoms with Crippen molar-refractivity contribution in [2.45, 2.75) is 118 Å². The Hall–Kier alpha value is 0.906. The van der Waals surface area contributed by atoms with E-state index in [0.29, 0.717) is 0 Å². The average Bonchev–Trinajstić information content (AvgIpc) is 2.40. The molecule has 3 amide bonds. The van der Waals surface area contributed by atoms with Crippen LogP contribution in [0.15, 0.2) is 0 Å². The van der Waals surface area contributed by atoms with Gasteiger partial charge in [-0.25, -0.2) is 0 Å². The van der Waals surface area contributed by atoms with Gasteiger partial charge >= 0.3 is 35.6 Å². The molecule has 0 aliphatic carbocycles. The molecule has 0 aromatic rings. The Bertz CT molecular complexity index is 487. The minimum atomic E-state index is -1.45. The predicted molar refractivity (Wildman–Crippen MR) is 163 cm³/mol. The number of nitrogens with zero attached hydrogens (tertiary/aromatic N) is 3. The first-order chi connectivity index (χ1) is 14.1. The van der Waals surface area contributed by atoms with Gasteiger partial charge in [0.1, 0.15) is 49.4 Å². The number of carbonyl (C=O) groups excluding carboxylic acids is 3. The normalized spacial score (nSPS) is 12.5. The molecule has 6 nitrogen and oxygen atoms in total. The van der Waals surface area contributed by atoms with Crippen LogP contribution >= 0.6 is 0 Å². The van der Waals surface area contributed by atoms with Crippen LogP contribution in [0.5, 0.6) is 0 Å². The Morgan fingerprint density at radius 1 is 0.324 bits per heavy atom. The summed E-state index contributed by atoms with van der Waals surface area (Å²) < 4.78 is 5.92. The molecule has 0 spiro atoms. The summed E-state index contributed by atoms with van der Waals surface area (Å²) in [6, 6.07) is 0. The topological polar surface area (TPSA) is 60.9 Å². The zero-order valence-corrected chi connectivity index (χ0v) is 35.3. The first kappa shape index (κ1) is 42.0. The molecule has 0 fully saturated rings. The van der Waals surface area contributed by atoms with Gasteiger partial charge in [-0.3, -0.25) is 0 Å². The van der Waals surface area contributed by atoms with Crippen molar-refractivity contribution < 1.29 is 50.0 Å². The van der Waals surface area contributed by atoms with Crippen LogP contribution in [0.3, 0.4) is 0 Å². The largest absolute Gasteiger partial charge is 3.00 e. The van der Waals surface area contributed by atoms with Gasteiger partial charge in [-0.05, 0) is 0 Å². The Labute approximate surface area is 247 Å². The summed E-state index contributed by atoms with van der Waals surface area (Å²) in [4.78, 5) is 32.0. The van der Waals surface area contributed by atoms with E-state index in [-0.39, 0.29) is 35.6 Å². The molecule has 34 heavy (non-hydrogen) atoms. The van der Waals surface area contributed by atoms with E-state index in [4.69, 9.17) is 0 Å². The van der Waals surface area contributed by atoms with Crippen molar-refractivity contribution in [2.75, 3.05) is 0 Å². The second kappa shape index (κ2) is 15.3. The van der Waals surface area contributed by atoms with Gasteiger partial charge in [0.2, 0.25) is 0 Å². The second-order valence-corrected chi connectivity index (χ2v) is 44.4. The molecule has 0 N–H and O–H groups in total. The van der Waals surface area contributed by atoms with E-state index in [1.807, 2.05) is 12.7 Å². The van der Waals surface area contributed by atoms with Gasteiger partial charge in [0.25, 0.3) is 0 Å². The molecular formula is C21H54LaN3O3Si6. The third-order valence-electron chi connectivity index (χ3n) is 4.30. The van der Waals surface area contributed by atoms with E-state index in [0.717, 1.165) is 0 Å². The molecule has 0 saturated heterocycles. The summed E-state index contributed by atoms with van der Waals surface area (Å²) in [5.41, 5.74) is 0. The molecular weight excluding hydrogens is 650 g/mol. The maximum atomic E-state index is 10.7. The summed E-state index contributed by atoms with van der Waals surface area (Å²) in [5, 5.41) is 0. The van der Waals surface area contributed by atoms with E-state index >= 15 is 0 Å². The van der Waals surface area contributed by atoms with Crippen molar-refractivity contribution in [1.29, 1.82) is 0 Å². The minimum absolute atomic E-state index is 0. The van der Waals surface area contributed by atoms with Gasteiger partial charge in [-0.2, -0.15) is 19.2 Å².